The Hall–Kier alpha value is -2.14. The van der Waals surface area contributed by atoms with Crippen molar-refractivity contribution < 1.29 is 4.79 Å². The Labute approximate surface area is 149 Å². The van der Waals surface area contributed by atoms with Crippen molar-refractivity contribution in [3.05, 3.63) is 53.3 Å². The number of hydrogen-bond acceptors (Lipinski definition) is 3. The number of aryl methyl sites for hydroxylation is 1. The number of hydrogen-bond donors (Lipinski definition) is 1. The highest BCUT2D eigenvalue weighted by atomic mass is 16.2. The van der Waals surface area contributed by atoms with Crippen molar-refractivity contribution in [2.24, 2.45) is 5.92 Å². The molecule has 1 saturated carbocycles. The van der Waals surface area contributed by atoms with Crippen LogP contribution >= 0.6 is 0 Å². The van der Waals surface area contributed by atoms with E-state index in [0.717, 1.165) is 30.4 Å². The van der Waals surface area contributed by atoms with Crippen molar-refractivity contribution in [2.45, 2.75) is 45.3 Å². The summed E-state index contributed by atoms with van der Waals surface area (Å²) in [6, 6.07) is 13.0. The van der Waals surface area contributed by atoms with E-state index >= 15 is 0 Å². The largest absolute Gasteiger partial charge is 0.346 e. The summed E-state index contributed by atoms with van der Waals surface area (Å²) in [5.41, 5.74) is 2.67. The first-order valence-electron chi connectivity index (χ1n) is 9.23. The Balaban J connectivity index is 1.46. The van der Waals surface area contributed by atoms with E-state index in [4.69, 9.17) is 0 Å². The lowest BCUT2D eigenvalue weighted by Gasteiger charge is -2.17. The number of nitrogens with zero attached hydrogens (tertiary/aromatic N) is 3. The van der Waals surface area contributed by atoms with Crippen LogP contribution < -0.4 is 5.32 Å². The van der Waals surface area contributed by atoms with Crippen LogP contribution in [0.3, 0.4) is 0 Å². The molecule has 1 N–H and O–H groups in total. The van der Waals surface area contributed by atoms with Gasteiger partial charge in [-0.25, -0.2) is 0 Å². The van der Waals surface area contributed by atoms with Crippen LogP contribution in [0.4, 0.5) is 0 Å². The van der Waals surface area contributed by atoms with Gasteiger partial charge in [-0.2, -0.15) is 5.10 Å². The number of rotatable bonds is 5. The minimum atomic E-state index is -0.00831. The molecule has 0 radical (unpaired) electrons. The first kappa shape index (κ1) is 16.3. The molecule has 2 heterocycles. The maximum absolute atomic E-state index is 12.9. The van der Waals surface area contributed by atoms with Gasteiger partial charge in [0.2, 0.25) is 0 Å². The van der Waals surface area contributed by atoms with Crippen molar-refractivity contribution in [3.63, 3.8) is 0 Å². The maximum Gasteiger partial charge on any atom is 0.269 e. The van der Waals surface area contributed by atoms with Gasteiger partial charge in [0.15, 0.2) is 0 Å². The topological polar surface area (TPSA) is 50.2 Å². The maximum atomic E-state index is 12.9. The average molecular weight is 338 g/mol. The fourth-order valence-corrected chi connectivity index (χ4v) is 3.78. The summed E-state index contributed by atoms with van der Waals surface area (Å²) in [6.07, 6.45) is 2.63. The molecule has 0 spiro atoms. The summed E-state index contributed by atoms with van der Waals surface area (Å²) >= 11 is 0. The Kier molecular flexibility index (Phi) is 4.34. The van der Waals surface area contributed by atoms with E-state index in [1.54, 1.807) is 0 Å². The monoisotopic (exact) mass is 338 g/mol. The zero-order valence-corrected chi connectivity index (χ0v) is 15.0. The number of aromatic nitrogens is 2. The van der Waals surface area contributed by atoms with E-state index in [0.29, 0.717) is 18.2 Å². The van der Waals surface area contributed by atoms with Gasteiger partial charge >= 0.3 is 0 Å². The molecule has 5 heteroatoms. The molecular weight excluding hydrogens is 312 g/mol. The molecule has 2 aliphatic rings. The number of benzene rings is 1. The zero-order valence-electron chi connectivity index (χ0n) is 15.0. The molecule has 1 aromatic carbocycles. The van der Waals surface area contributed by atoms with Crippen LogP contribution in [0.5, 0.6) is 0 Å². The van der Waals surface area contributed by atoms with Gasteiger partial charge in [0.05, 0.1) is 12.2 Å². The minimum Gasteiger partial charge on any atom is -0.346 e. The lowest BCUT2D eigenvalue weighted by molar-refractivity contribution is 0.0921. The highest BCUT2D eigenvalue weighted by Crippen LogP contribution is 2.31. The molecule has 1 aliphatic carbocycles. The summed E-state index contributed by atoms with van der Waals surface area (Å²) in [6.45, 7) is 6.86. The molecule has 25 heavy (non-hydrogen) atoms. The van der Waals surface area contributed by atoms with Crippen molar-refractivity contribution >= 4 is 5.91 Å². The Morgan fingerprint density at radius 2 is 2.00 bits per heavy atom. The lowest BCUT2D eigenvalue weighted by Crippen LogP contribution is -2.40. The van der Waals surface area contributed by atoms with Gasteiger partial charge in [-0.05, 0) is 37.3 Å². The van der Waals surface area contributed by atoms with Crippen LogP contribution in [-0.2, 0) is 6.54 Å². The van der Waals surface area contributed by atoms with Gasteiger partial charge < -0.3 is 5.32 Å². The molecule has 2 fully saturated rings. The third kappa shape index (κ3) is 3.61. The van der Waals surface area contributed by atoms with Gasteiger partial charge in [0, 0.05) is 25.2 Å². The van der Waals surface area contributed by atoms with Gasteiger partial charge in [0.25, 0.3) is 5.91 Å². The molecule has 1 aromatic heterocycles. The molecule has 1 amide bonds. The van der Waals surface area contributed by atoms with Gasteiger partial charge in [0.1, 0.15) is 5.69 Å². The summed E-state index contributed by atoms with van der Waals surface area (Å²) in [4.78, 5) is 15.4. The first-order chi connectivity index (χ1) is 12.1. The Morgan fingerprint density at radius 1 is 1.24 bits per heavy atom. The van der Waals surface area contributed by atoms with Crippen LogP contribution in [0.1, 0.15) is 41.5 Å². The predicted molar refractivity (Wildman–Crippen MR) is 97.5 cm³/mol. The van der Waals surface area contributed by atoms with E-state index < -0.39 is 0 Å². The van der Waals surface area contributed by atoms with Crippen LogP contribution in [0, 0.1) is 12.8 Å². The van der Waals surface area contributed by atoms with E-state index in [1.165, 1.54) is 12.8 Å². The predicted octanol–water partition coefficient (Wildman–Crippen LogP) is 2.45. The number of carbonyl (C=O) groups is 1. The smallest absolute Gasteiger partial charge is 0.269 e. The van der Waals surface area contributed by atoms with Gasteiger partial charge in [-0.3, -0.25) is 14.4 Å². The van der Waals surface area contributed by atoms with Crippen molar-refractivity contribution in [3.8, 4) is 0 Å². The van der Waals surface area contributed by atoms with Gasteiger partial charge in [-0.1, -0.05) is 37.3 Å². The van der Waals surface area contributed by atoms with Gasteiger partial charge in [-0.15, -0.1) is 0 Å². The second-order valence-electron chi connectivity index (χ2n) is 7.56. The van der Waals surface area contributed by atoms with Crippen molar-refractivity contribution in [2.75, 3.05) is 13.1 Å². The van der Waals surface area contributed by atoms with Crippen molar-refractivity contribution in [1.29, 1.82) is 0 Å². The Morgan fingerprint density at radius 3 is 2.72 bits per heavy atom. The molecule has 5 nitrogen and oxygen atoms in total. The normalized spacial score (nSPS) is 23.8. The standard InChI is InChI=1S/C20H26N4O/c1-14-11-23(17-8-9-17)13-18(14)21-20(25)19-10-15(2)22-24(19)12-16-6-4-3-5-7-16/h3-7,10,14,17-18H,8-9,11-13H2,1-2H3,(H,21,25)/t14-,18+/m0/s1. The summed E-state index contributed by atoms with van der Waals surface area (Å²) < 4.78 is 1.82. The van der Waals surface area contributed by atoms with E-state index in [2.05, 4.69) is 34.4 Å². The van der Waals surface area contributed by atoms with Crippen LogP contribution in [0.15, 0.2) is 36.4 Å². The third-order valence-electron chi connectivity index (χ3n) is 5.33. The second kappa shape index (κ2) is 6.64. The molecule has 1 aliphatic heterocycles. The fraction of sp³-hybridized carbons (Fsp3) is 0.500. The number of carbonyl (C=O) groups excluding carboxylic acids is 1. The van der Waals surface area contributed by atoms with Crippen LogP contribution in [0.25, 0.3) is 0 Å². The number of likely N-dealkylation sites (tertiary alicyclic amines) is 1. The molecule has 0 unspecified atom stereocenters. The molecular formula is C20H26N4O. The van der Waals surface area contributed by atoms with Crippen LogP contribution in [-0.4, -0.2) is 45.8 Å². The first-order valence-corrected chi connectivity index (χ1v) is 9.23. The highest BCUT2D eigenvalue weighted by molar-refractivity contribution is 5.93. The summed E-state index contributed by atoms with van der Waals surface area (Å²) in [5, 5.41) is 7.77. The molecule has 4 rings (SSSR count). The average Bonchev–Trinajstić information content (AvgIpc) is 3.29. The number of amides is 1. The fourth-order valence-electron chi connectivity index (χ4n) is 3.78. The SMILES string of the molecule is Cc1cc(C(=O)N[C@@H]2CN(C3CC3)C[C@@H]2C)n(Cc2ccccc2)n1. The lowest BCUT2D eigenvalue weighted by atomic mass is 10.1. The summed E-state index contributed by atoms with van der Waals surface area (Å²) in [5.74, 6) is 0.488. The highest BCUT2D eigenvalue weighted by Gasteiger charge is 2.38. The van der Waals surface area contributed by atoms with Crippen LogP contribution in [0.2, 0.25) is 0 Å². The minimum absolute atomic E-state index is 0.00831. The van der Waals surface area contributed by atoms with Crippen molar-refractivity contribution in [1.82, 2.24) is 20.0 Å². The summed E-state index contributed by atoms with van der Waals surface area (Å²) in [7, 11) is 0. The quantitative estimate of drug-likeness (QED) is 0.911. The zero-order chi connectivity index (χ0) is 17.4. The third-order valence-corrected chi connectivity index (χ3v) is 5.33. The molecule has 2 aromatic rings. The van der Waals surface area contributed by atoms with E-state index in [-0.39, 0.29) is 11.9 Å². The number of nitrogens with one attached hydrogen (secondary N) is 1. The molecule has 132 valence electrons. The Bertz CT molecular complexity index is 750. The molecule has 2 atom stereocenters. The molecule has 1 saturated heterocycles. The van der Waals surface area contributed by atoms with E-state index in [1.807, 2.05) is 35.9 Å². The second-order valence-corrected chi connectivity index (χ2v) is 7.56. The van der Waals surface area contributed by atoms with E-state index in [9.17, 15) is 4.79 Å². The molecule has 0 bridgehead atoms.